The first-order valence-electron chi connectivity index (χ1n) is 5.50. The molecule has 5 heteroatoms. The Kier molecular flexibility index (Phi) is 2.71. The molecule has 4 nitrogen and oxygen atoms in total. The zero-order chi connectivity index (χ0) is 10.8. The summed E-state index contributed by atoms with van der Waals surface area (Å²) in [6, 6.07) is 4.40. The third kappa shape index (κ3) is 2.01. The van der Waals surface area contributed by atoms with E-state index < -0.39 is 0 Å². The Morgan fingerprint density at radius 2 is 2.56 bits per heavy atom. The number of hydrogen-bond donors (Lipinski definition) is 1. The molecule has 1 N–H and O–H groups in total. The van der Waals surface area contributed by atoms with E-state index in [0.717, 1.165) is 31.1 Å². The zero-order valence-corrected chi connectivity index (χ0v) is 9.67. The molecule has 0 amide bonds. The first-order chi connectivity index (χ1) is 7.92. The molecule has 16 heavy (non-hydrogen) atoms. The van der Waals surface area contributed by atoms with Crippen LogP contribution in [0.25, 0.3) is 0 Å². The summed E-state index contributed by atoms with van der Waals surface area (Å²) in [6.45, 7) is 1.05. The summed E-state index contributed by atoms with van der Waals surface area (Å²) in [5.74, 6) is 1.52. The van der Waals surface area contributed by atoms with Gasteiger partial charge in [0.15, 0.2) is 5.82 Å². The first-order valence-corrected chi connectivity index (χ1v) is 6.38. The summed E-state index contributed by atoms with van der Waals surface area (Å²) < 4.78 is 5.28. The number of rotatable bonds is 3. The highest BCUT2D eigenvalue weighted by Crippen LogP contribution is 2.22. The zero-order valence-electron chi connectivity index (χ0n) is 8.85. The van der Waals surface area contributed by atoms with Gasteiger partial charge in [-0.25, -0.2) is 0 Å². The molecule has 0 radical (unpaired) electrons. The van der Waals surface area contributed by atoms with Crippen molar-refractivity contribution in [2.45, 2.75) is 25.3 Å². The van der Waals surface area contributed by atoms with Crippen molar-refractivity contribution in [3.63, 3.8) is 0 Å². The molecule has 3 rings (SSSR count). The number of nitrogens with one attached hydrogen (secondary N) is 1. The van der Waals surface area contributed by atoms with Gasteiger partial charge in [0, 0.05) is 11.3 Å². The fourth-order valence-electron chi connectivity index (χ4n) is 1.95. The van der Waals surface area contributed by atoms with Crippen molar-refractivity contribution in [3.8, 4) is 0 Å². The van der Waals surface area contributed by atoms with Gasteiger partial charge in [-0.15, -0.1) is 11.3 Å². The van der Waals surface area contributed by atoms with E-state index in [1.54, 1.807) is 11.3 Å². The lowest BCUT2D eigenvalue weighted by Crippen LogP contribution is -2.13. The van der Waals surface area contributed by atoms with Crippen LogP contribution in [-0.2, 0) is 6.42 Å². The third-order valence-corrected chi connectivity index (χ3v) is 3.63. The van der Waals surface area contributed by atoms with Crippen molar-refractivity contribution in [1.29, 1.82) is 0 Å². The van der Waals surface area contributed by atoms with Crippen LogP contribution < -0.4 is 5.32 Å². The van der Waals surface area contributed by atoms with E-state index in [1.807, 2.05) is 6.07 Å². The Bertz CT molecular complexity index is 446. The molecular weight excluding hydrogens is 222 g/mol. The van der Waals surface area contributed by atoms with E-state index in [1.165, 1.54) is 11.3 Å². The number of nitrogens with zero attached hydrogens (tertiary/aromatic N) is 2. The number of hydrogen-bond acceptors (Lipinski definition) is 5. The molecule has 1 fully saturated rings. The quantitative estimate of drug-likeness (QED) is 0.885. The van der Waals surface area contributed by atoms with Crippen LogP contribution in [0, 0.1) is 0 Å². The topological polar surface area (TPSA) is 51.0 Å². The highest BCUT2D eigenvalue weighted by molar-refractivity contribution is 7.09. The minimum Gasteiger partial charge on any atom is -0.338 e. The van der Waals surface area contributed by atoms with E-state index in [-0.39, 0.29) is 6.04 Å². The van der Waals surface area contributed by atoms with Gasteiger partial charge in [0.2, 0.25) is 5.89 Å². The molecule has 0 bridgehead atoms. The van der Waals surface area contributed by atoms with E-state index in [4.69, 9.17) is 4.52 Å². The van der Waals surface area contributed by atoms with Crippen molar-refractivity contribution in [2.75, 3.05) is 6.54 Å². The summed E-state index contributed by atoms with van der Waals surface area (Å²) in [4.78, 5) is 5.70. The SMILES string of the molecule is c1csc(Cc2noc(C3CCCN3)n2)c1. The molecule has 0 aliphatic carbocycles. The fourth-order valence-corrected chi connectivity index (χ4v) is 2.65. The Hall–Kier alpha value is -1.20. The third-order valence-electron chi connectivity index (χ3n) is 2.75. The lowest BCUT2D eigenvalue weighted by atomic mass is 10.2. The van der Waals surface area contributed by atoms with Crippen molar-refractivity contribution >= 4 is 11.3 Å². The average molecular weight is 235 g/mol. The van der Waals surface area contributed by atoms with Gasteiger partial charge in [-0.05, 0) is 30.8 Å². The highest BCUT2D eigenvalue weighted by Gasteiger charge is 2.22. The van der Waals surface area contributed by atoms with Gasteiger partial charge in [-0.2, -0.15) is 4.98 Å². The Morgan fingerprint density at radius 1 is 1.56 bits per heavy atom. The van der Waals surface area contributed by atoms with Crippen molar-refractivity contribution in [2.24, 2.45) is 0 Å². The van der Waals surface area contributed by atoms with E-state index in [9.17, 15) is 0 Å². The predicted molar refractivity (Wildman–Crippen MR) is 61.4 cm³/mol. The van der Waals surface area contributed by atoms with E-state index in [2.05, 4.69) is 26.9 Å². The molecule has 0 saturated carbocycles. The predicted octanol–water partition coefficient (Wildman–Crippen LogP) is 2.15. The highest BCUT2D eigenvalue weighted by atomic mass is 32.1. The van der Waals surface area contributed by atoms with Crippen LogP contribution in [0.2, 0.25) is 0 Å². The van der Waals surface area contributed by atoms with Crippen LogP contribution in [0.3, 0.4) is 0 Å². The van der Waals surface area contributed by atoms with Crippen LogP contribution >= 0.6 is 11.3 Å². The minimum absolute atomic E-state index is 0.268. The Morgan fingerprint density at radius 3 is 3.31 bits per heavy atom. The van der Waals surface area contributed by atoms with Crippen LogP contribution in [0.1, 0.15) is 35.5 Å². The molecule has 2 aromatic rings. The normalized spacial score (nSPS) is 20.4. The summed E-state index contributed by atoms with van der Waals surface area (Å²) >= 11 is 1.72. The largest absolute Gasteiger partial charge is 0.338 e. The summed E-state index contributed by atoms with van der Waals surface area (Å²) in [5.41, 5.74) is 0. The van der Waals surface area contributed by atoms with Crippen molar-refractivity contribution in [3.05, 3.63) is 34.1 Å². The van der Waals surface area contributed by atoms with E-state index in [0.29, 0.717) is 0 Å². The number of aromatic nitrogens is 2. The molecule has 1 atom stereocenters. The van der Waals surface area contributed by atoms with Gasteiger partial charge in [0.25, 0.3) is 0 Å². The molecular formula is C11H13N3OS. The molecule has 0 aromatic carbocycles. The molecule has 2 aromatic heterocycles. The summed E-state index contributed by atoms with van der Waals surface area (Å²) in [6.07, 6.45) is 3.06. The van der Waals surface area contributed by atoms with Crippen LogP contribution in [0.15, 0.2) is 22.0 Å². The second kappa shape index (κ2) is 4.35. The van der Waals surface area contributed by atoms with Gasteiger partial charge in [0.05, 0.1) is 6.04 Å². The van der Waals surface area contributed by atoms with Crippen molar-refractivity contribution < 1.29 is 4.52 Å². The average Bonchev–Trinajstić information content (AvgIpc) is 2.99. The van der Waals surface area contributed by atoms with Gasteiger partial charge in [-0.1, -0.05) is 11.2 Å². The van der Waals surface area contributed by atoms with Gasteiger partial charge < -0.3 is 9.84 Å². The number of thiophene rings is 1. The molecule has 0 spiro atoms. The van der Waals surface area contributed by atoms with Gasteiger partial charge in [-0.3, -0.25) is 0 Å². The monoisotopic (exact) mass is 235 g/mol. The smallest absolute Gasteiger partial charge is 0.243 e. The van der Waals surface area contributed by atoms with Crippen LogP contribution in [-0.4, -0.2) is 16.7 Å². The maximum absolute atomic E-state index is 5.28. The minimum atomic E-state index is 0.268. The Balaban J connectivity index is 1.72. The fraction of sp³-hybridized carbons (Fsp3) is 0.455. The lowest BCUT2D eigenvalue weighted by Gasteiger charge is -2.01. The Labute approximate surface area is 97.7 Å². The summed E-state index contributed by atoms with van der Waals surface area (Å²) in [7, 11) is 0. The lowest BCUT2D eigenvalue weighted by molar-refractivity contribution is 0.341. The van der Waals surface area contributed by atoms with Gasteiger partial charge in [0.1, 0.15) is 0 Å². The standard InChI is InChI=1S/C11H13N3OS/c1-4-9(12-5-1)11-13-10(14-15-11)7-8-3-2-6-16-8/h2-3,6,9,12H,1,4-5,7H2. The second-order valence-electron chi connectivity index (χ2n) is 3.95. The first kappa shape index (κ1) is 9.99. The molecule has 84 valence electrons. The van der Waals surface area contributed by atoms with Crippen molar-refractivity contribution in [1.82, 2.24) is 15.5 Å². The maximum atomic E-state index is 5.28. The molecule has 1 unspecified atom stereocenters. The van der Waals surface area contributed by atoms with Crippen LogP contribution in [0.4, 0.5) is 0 Å². The van der Waals surface area contributed by atoms with Gasteiger partial charge >= 0.3 is 0 Å². The molecule has 1 saturated heterocycles. The van der Waals surface area contributed by atoms with E-state index >= 15 is 0 Å². The second-order valence-corrected chi connectivity index (χ2v) is 4.99. The molecule has 1 aliphatic rings. The molecule has 1 aliphatic heterocycles. The molecule has 3 heterocycles. The van der Waals surface area contributed by atoms with Crippen LogP contribution in [0.5, 0.6) is 0 Å². The maximum Gasteiger partial charge on any atom is 0.243 e. The summed E-state index contributed by atoms with van der Waals surface area (Å²) in [5, 5.41) is 9.43.